The Morgan fingerprint density at radius 2 is 1.63 bits per heavy atom. The summed E-state index contributed by atoms with van der Waals surface area (Å²) >= 11 is 3.46. The third kappa shape index (κ3) is 1.44. The summed E-state index contributed by atoms with van der Waals surface area (Å²) in [4.78, 5) is 11.1. The minimum atomic E-state index is -0.903. The predicted octanol–water partition coefficient (Wildman–Crippen LogP) is 3.67. The SMILES string of the molecule is O=C(O)c1ccc2c(c1)C1OC2c2ccc(Br)cc21. The van der Waals surface area contributed by atoms with E-state index < -0.39 is 5.97 Å². The summed E-state index contributed by atoms with van der Waals surface area (Å²) in [5.74, 6) is -0.903. The molecular formula is C15H9BrO3. The van der Waals surface area contributed by atoms with Crippen LogP contribution < -0.4 is 0 Å². The number of rotatable bonds is 1. The fourth-order valence-electron chi connectivity index (χ4n) is 2.95. The van der Waals surface area contributed by atoms with Crippen LogP contribution in [-0.4, -0.2) is 11.1 Å². The van der Waals surface area contributed by atoms with Crippen molar-refractivity contribution in [2.75, 3.05) is 0 Å². The Bertz CT molecular complexity index is 723. The average molecular weight is 317 g/mol. The van der Waals surface area contributed by atoms with Gasteiger partial charge in [0.25, 0.3) is 0 Å². The molecule has 0 radical (unpaired) electrons. The highest BCUT2D eigenvalue weighted by Gasteiger charge is 2.42. The maximum atomic E-state index is 11.1. The van der Waals surface area contributed by atoms with Crippen LogP contribution in [0.1, 0.15) is 44.8 Å². The summed E-state index contributed by atoms with van der Waals surface area (Å²) in [7, 11) is 0. The van der Waals surface area contributed by atoms with E-state index in [0.29, 0.717) is 5.56 Å². The Hall–Kier alpha value is -1.65. The number of benzene rings is 2. The standard InChI is InChI=1S/C15H9BrO3/c16-8-2-4-10-12(6-8)14-11-5-7(15(17)18)1-3-9(11)13(10)19-14/h1-6,13-14H,(H,17,18). The maximum Gasteiger partial charge on any atom is 0.335 e. The van der Waals surface area contributed by atoms with Gasteiger partial charge in [0.05, 0.1) is 5.56 Å². The molecule has 2 unspecified atom stereocenters. The van der Waals surface area contributed by atoms with E-state index in [4.69, 9.17) is 9.84 Å². The molecule has 2 aliphatic rings. The molecule has 1 N–H and O–H groups in total. The second kappa shape index (κ2) is 3.68. The number of carboxylic acids is 1. The second-order valence-electron chi connectivity index (χ2n) is 4.82. The first-order valence-electron chi connectivity index (χ1n) is 5.97. The molecule has 3 nitrogen and oxygen atoms in total. The van der Waals surface area contributed by atoms with Gasteiger partial charge in [-0.2, -0.15) is 0 Å². The molecule has 2 aliphatic heterocycles. The summed E-state index contributed by atoms with van der Waals surface area (Å²) in [5.41, 5.74) is 4.70. The third-order valence-electron chi connectivity index (χ3n) is 3.78. The Balaban J connectivity index is 1.91. The predicted molar refractivity (Wildman–Crippen MR) is 72.3 cm³/mol. The molecule has 0 amide bonds. The van der Waals surface area contributed by atoms with Crippen LogP contribution in [0.25, 0.3) is 0 Å². The molecule has 0 saturated heterocycles. The van der Waals surface area contributed by atoms with Crippen LogP contribution in [0.5, 0.6) is 0 Å². The summed E-state index contributed by atoms with van der Waals surface area (Å²) in [5, 5.41) is 9.08. The van der Waals surface area contributed by atoms with E-state index in [9.17, 15) is 4.79 Å². The van der Waals surface area contributed by atoms with Crippen molar-refractivity contribution in [2.24, 2.45) is 0 Å². The number of ether oxygens (including phenoxy) is 1. The van der Waals surface area contributed by atoms with Gasteiger partial charge in [-0.1, -0.05) is 28.1 Å². The van der Waals surface area contributed by atoms with Crippen LogP contribution in [0, 0.1) is 0 Å². The van der Waals surface area contributed by atoms with Gasteiger partial charge in [-0.15, -0.1) is 0 Å². The van der Waals surface area contributed by atoms with Crippen molar-refractivity contribution in [3.05, 3.63) is 68.7 Å². The molecule has 4 heteroatoms. The van der Waals surface area contributed by atoms with E-state index in [-0.39, 0.29) is 12.2 Å². The molecule has 4 rings (SSSR count). The normalized spacial score (nSPS) is 22.2. The number of carboxylic acid groups (broad SMARTS) is 1. The van der Waals surface area contributed by atoms with Crippen molar-refractivity contribution in [1.82, 2.24) is 0 Å². The Labute approximate surface area is 118 Å². The van der Waals surface area contributed by atoms with Crippen molar-refractivity contribution in [3.8, 4) is 0 Å². The molecule has 0 spiro atoms. The molecule has 0 fully saturated rings. The molecule has 2 heterocycles. The van der Waals surface area contributed by atoms with Gasteiger partial charge in [0.2, 0.25) is 0 Å². The van der Waals surface area contributed by atoms with Gasteiger partial charge in [-0.05, 0) is 46.5 Å². The quantitative estimate of drug-likeness (QED) is 0.873. The highest BCUT2D eigenvalue weighted by atomic mass is 79.9. The molecule has 0 aliphatic carbocycles. The van der Waals surface area contributed by atoms with E-state index in [1.54, 1.807) is 12.1 Å². The second-order valence-corrected chi connectivity index (χ2v) is 5.73. The van der Waals surface area contributed by atoms with Crippen LogP contribution in [0.4, 0.5) is 0 Å². The van der Waals surface area contributed by atoms with Crippen LogP contribution in [0.2, 0.25) is 0 Å². The lowest BCUT2D eigenvalue weighted by Gasteiger charge is -2.16. The molecule has 2 bridgehead atoms. The Morgan fingerprint density at radius 1 is 1.00 bits per heavy atom. The summed E-state index contributed by atoms with van der Waals surface area (Å²) in [6, 6.07) is 11.4. The van der Waals surface area contributed by atoms with Crippen LogP contribution in [-0.2, 0) is 4.74 Å². The van der Waals surface area contributed by atoms with Gasteiger partial charge in [0.15, 0.2) is 0 Å². The molecule has 0 saturated carbocycles. The van der Waals surface area contributed by atoms with Crippen LogP contribution in [0.15, 0.2) is 40.9 Å². The number of fused-ring (bicyclic) bond motifs is 8. The number of halogens is 1. The molecule has 2 aromatic rings. The highest BCUT2D eigenvalue weighted by Crippen LogP contribution is 2.54. The Kier molecular flexibility index (Phi) is 2.17. The van der Waals surface area contributed by atoms with Crippen molar-refractivity contribution < 1.29 is 14.6 Å². The minimum Gasteiger partial charge on any atom is -0.478 e. The molecule has 2 atom stereocenters. The van der Waals surface area contributed by atoms with E-state index in [2.05, 4.69) is 28.1 Å². The summed E-state index contributed by atoms with van der Waals surface area (Å²) < 4.78 is 7.00. The monoisotopic (exact) mass is 316 g/mol. The van der Waals surface area contributed by atoms with E-state index >= 15 is 0 Å². The first kappa shape index (κ1) is 11.2. The average Bonchev–Trinajstić information content (AvgIpc) is 2.94. The molecule has 19 heavy (non-hydrogen) atoms. The van der Waals surface area contributed by atoms with Gasteiger partial charge in [-0.3, -0.25) is 0 Å². The highest BCUT2D eigenvalue weighted by molar-refractivity contribution is 9.10. The van der Waals surface area contributed by atoms with Crippen molar-refractivity contribution in [2.45, 2.75) is 12.2 Å². The van der Waals surface area contributed by atoms with Gasteiger partial charge in [0.1, 0.15) is 12.2 Å². The lowest BCUT2D eigenvalue weighted by molar-refractivity contribution is 0.0696. The molecule has 0 aromatic heterocycles. The van der Waals surface area contributed by atoms with Gasteiger partial charge in [-0.25, -0.2) is 4.79 Å². The number of hydrogen-bond acceptors (Lipinski definition) is 2. The molecule has 94 valence electrons. The van der Waals surface area contributed by atoms with Crippen molar-refractivity contribution >= 4 is 21.9 Å². The number of aromatic carboxylic acids is 1. The molecular weight excluding hydrogens is 308 g/mol. The fourth-order valence-corrected chi connectivity index (χ4v) is 3.33. The lowest BCUT2D eigenvalue weighted by atomic mass is 9.85. The topological polar surface area (TPSA) is 46.5 Å². The first-order valence-corrected chi connectivity index (χ1v) is 6.76. The first-order chi connectivity index (χ1) is 9.15. The van der Waals surface area contributed by atoms with Crippen LogP contribution in [0.3, 0.4) is 0 Å². The lowest BCUT2D eigenvalue weighted by Crippen LogP contribution is -2.05. The third-order valence-corrected chi connectivity index (χ3v) is 4.28. The van der Waals surface area contributed by atoms with E-state index in [0.717, 1.165) is 21.2 Å². The fraction of sp³-hybridized carbons (Fsp3) is 0.133. The van der Waals surface area contributed by atoms with Gasteiger partial charge >= 0.3 is 5.97 Å². The zero-order valence-electron chi connectivity index (χ0n) is 9.76. The van der Waals surface area contributed by atoms with Gasteiger partial charge in [0, 0.05) is 4.47 Å². The van der Waals surface area contributed by atoms with Crippen LogP contribution >= 0.6 is 15.9 Å². The minimum absolute atomic E-state index is 0.0501. The summed E-state index contributed by atoms with van der Waals surface area (Å²) in [6.07, 6.45) is -0.183. The zero-order valence-corrected chi connectivity index (χ0v) is 11.3. The number of hydrogen-bond donors (Lipinski definition) is 1. The smallest absolute Gasteiger partial charge is 0.335 e. The van der Waals surface area contributed by atoms with E-state index in [1.807, 2.05) is 12.1 Å². The summed E-state index contributed by atoms with van der Waals surface area (Å²) in [6.45, 7) is 0. The van der Waals surface area contributed by atoms with E-state index in [1.165, 1.54) is 5.56 Å². The Morgan fingerprint density at radius 3 is 2.37 bits per heavy atom. The number of carbonyl (C=O) groups is 1. The zero-order chi connectivity index (χ0) is 13.1. The maximum absolute atomic E-state index is 11.1. The van der Waals surface area contributed by atoms with Crippen molar-refractivity contribution in [1.29, 1.82) is 0 Å². The largest absolute Gasteiger partial charge is 0.478 e. The van der Waals surface area contributed by atoms with Gasteiger partial charge < -0.3 is 9.84 Å². The molecule has 2 aromatic carbocycles. The van der Waals surface area contributed by atoms with Crippen molar-refractivity contribution in [3.63, 3.8) is 0 Å².